The van der Waals surface area contributed by atoms with Crippen LogP contribution in [0.3, 0.4) is 0 Å². The second-order valence-corrected chi connectivity index (χ2v) is 5.79. The third kappa shape index (κ3) is 5.51. The summed E-state index contributed by atoms with van der Waals surface area (Å²) in [5, 5.41) is 15.7. The van der Waals surface area contributed by atoms with Gasteiger partial charge in [-0.25, -0.2) is 4.68 Å². The quantitative estimate of drug-likeness (QED) is 0.767. The number of hydrogen-bond acceptors (Lipinski definition) is 4. The second kappa shape index (κ2) is 8.26. The van der Waals surface area contributed by atoms with Gasteiger partial charge in [-0.05, 0) is 19.5 Å². The molecule has 2 N–H and O–H groups in total. The number of anilines is 1. The summed E-state index contributed by atoms with van der Waals surface area (Å²) < 4.78 is 1.73. The molecular weight excluding hydrogens is 308 g/mol. The average molecular weight is 330 g/mol. The summed E-state index contributed by atoms with van der Waals surface area (Å²) in [6, 6.07) is 9.85. The standard InChI is InChI=1S/C17H22N4O3/c1-13-4-3-5-14(10-13)11-21-15(6-8-18-21)19-16(22)12-20(2)9-7-17(23)24/h3-6,8,10H,7,9,11-12H2,1-2H3,(H,19,22)(H,23,24). The van der Waals surface area contributed by atoms with Crippen LogP contribution in [0.1, 0.15) is 17.5 Å². The number of carboxylic acid groups (broad SMARTS) is 1. The zero-order valence-electron chi connectivity index (χ0n) is 13.9. The van der Waals surface area contributed by atoms with Crippen molar-refractivity contribution in [2.45, 2.75) is 19.9 Å². The molecular formula is C17H22N4O3. The van der Waals surface area contributed by atoms with Crippen molar-refractivity contribution in [1.29, 1.82) is 0 Å². The largest absolute Gasteiger partial charge is 0.481 e. The Morgan fingerprint density at radius 2 is 2.12 bits per heavy atom. The van der Waals surface area contributed by atoms with E-state index in [0.717, 1.165) is 5.56 Å². The van der Waals surface area contributed by atoms with Crippen molar-refractivity contribution >= 4 is 17.7 Å². The first-order chi connectivity index (χ1) is 11.4. The summed E-state index contributed by atoms with van der Waals surface area (Å²) in [5.41, 5.74) is 2.28. The van der Waals surface area contributed by atoms with Crippen LogP contribution in [0.15, 0.2) is 36.5 Å². The van der Waals surface area contributed by atoms with Crippen LogP contribution in [0.4, 0.5) is 5.82 Å². The molecule has 0 aliphatic heterocycles. The van der Waals surface area contributed by atoms with E-state index in [1.165, 1.54) is 5.56 Å². The smallest absolute Gasteiger partial charge is 0.304 e. The van der Waals surface area contributed by atoms with Crippen LogP contribution in [0.25, 0.3) is 0 Å². The van der Waals surface area contributed by atoms with Crippen molar-refractivity contribution < 1.29 is 14.7 Å². The monoisotopic (exact) mass is 330 g/mol. The molecule has 2 aromatic rings. The molecule has 1 amide bonds. The maximum atomic E-state index is 12.1. The molecule has 0 saturated carbocycles. The van der Waals surface area contributed by atoms with Crippen LogP contribution in [0.2, 0.25) is 0 Å². The number of aromatic nitrogens is 2. The van der Waals surface area contributed by atoms with Crippen molar-refractivity contribution in [3.05, 3.63) is 47.7 Å². The predicted octanol–water partition coefficient (Wildman–Crippen LogP) is 1.58. The first kappa shape index (κ1) is 17.7. The maximum Gasteiger partial charge on any atom is 0.304 e. The lowest BCUT2D eigenvalue weighted by molar-refractivity contribution is -0.137. The number of carboxylic acids is 1. The highest BCUT2D eigenvalue weighted by atomic mass is 16.4. The molecule has 1 heterocycles. The van der Waals surface area contributed by atoms with E-state index < -0.39 is 5.97 Å². The van der Waals surface area contributed by atoms with Gasteiger partial charge in [-0.1, -0.05) is 29.8 Å². The van der Waals surface area contributed by atoms with Gasteiger partial charge in [0.15, 0.2) is 0 Å². The van der Waals surface area contributed by atoms with Crippen molar-refractivity contribution in [1.82, 2.24) is 14.7 Å². The van der Waals surface area contributed by atoms with Crippen molar-refractivity contribution in [3.8, 4) is 0 Å². The third-order valence-electron chi connectivity index (χ3n) is 3.52. The molecule has 0 radical (unpaired) electrons. The summed E-state index contributed by atoms with van der Waals surface area (Å²) in [4.78, 5) is 24.3. The molecule has 7 nitrogen and oxygen atoms in total. The molecule has 1 aromatic heterocycles. The minimum atomic E-state index is -0.876. The van der Waals surface area contributed by atoms with E-state index in [0.29, 0.717) is 18.9 Å². The molecule has 0 bridgehead atoms. The van der Waals surface area contributed by atoms with E-state index in [2.05, 4.69) is 16.5 Å². The minimum absolute atomic E-state index is 0.00900. The number of hydrogen-bond donors (Lipinski definition) is 2. The topological polar surface area (TPSA) is 87.5 Å². The summed E-state index contributed by atoms with van der Waals surface area (Å²) in [5.74, 6) is -0.458. The van der Waals surface area contributed by atoms with E-state index in [4.69, 9.17) is 5.11 Å². The zero-order chi connectivity index (χ0) is 17.5. The van der Waals surface area contributed by atoms with E-state index in [-0.39, 0.29) is 18.9 Å². The molecule has 0 aliphatic carbocycles. The van der Waals surface area contributed by atoms with E-state index in [9.17, 15) is 9.59 Å². The number of likely N-dealkylation sites (N-methyl/N-ethyl adjacent to an activating group) is 1. The summed E-state index contributed by atoms with van der Waals surface area (Å²) in [7, 11) is 1.71. The number of aryl methyl sites for hydroxylation is 1. The van der Waals surface area contributed by atoms with Gasteiger partial charge < -0.3 is 10.4 Å². The van der Waals surface area contributed by atoms with Gasteiger partial charge in [0.2, 0.25) is 5.91 Å². The highest BCUT2D eigenvalue weighted by molar-refractivity contribution is 5.91. The van der Waals surface area contributed by atoms with Gasteiger partial charge >= 0.3 is 5.97 Å². The van der Waals surface area contributed by atoms with Crippen LogP contribution >= 0.6 is 0 Å². The Kier molecular flexibility index (Phi) is 6.08. The fourth-order valence-corrected chi connectivity index (χ4v) is 2.34. The fourth-order valence-electron chi connectivity index (χ4n) is 2.34. The van der Waals surface area contributed by atoms with E-state index in [1.807, 2.05) is 25.1 Å². The van der Waals surface area contributed by atoms with Gasteiger partial charge in [0.25, 0.3) is 0 Å². The molecule has 128 valence electrons. The number of nitrogens with zero attached hydrogens (tertiary/aromatic N) is 3. The lowest BCUT2D eigenvalue weighted by Gasteiger charge is -2.15. The number of nitrogens with one attached hydrogen (secondary N) is 1. The number of amides is 1. The molecule has 0 saturated heterocycles. The molecule has 7 heteroatoms. The molecule has 1 aromatic carbocycles. The Balaban J connectivity index is 1.92. The van der Waals surface area contributed by atoms with Gasteiger partial charge in [0, 0.05) is 12.6 Å². The van der Waals surface area contributed by atoms with E-state index >= 15 is 0 Å². The highest BCUT2D eigenvalue weighted by Crippen LogP contribution is 2.11. The van der Waals surface area contributed by atoms with Crippen molar-refractivity contribution in [2.24, 2.45) is 0 Å². The molecule has 2 rings (SSSR count). The third-order valence-corrected chi connectivity index (χ3v) is 3.52. The van der Waals surface area contributed by atoms with Crippen molar-refractivity contribution in [3.63, 3.8) is 0 Å². The Morgan fingerprint density at radius 1 is 1.33 bits per heavy atom. The van der Waals surface area contributed by atoms with Crippen LogP contribution < -0.4 is 5.32 Å². The molecule has 24 heavy (non-hydrogen) atoms. The summed E-state index contributed by atoms with van der Waals surface area (Å²) in [6.45, 7) is 3.05. The Hall–Kier alpha value is -2.67. The summed E-state index contributed by atoms with van der Waals surface area (Å²) >= 11 is 0. The molecule has 0 aliphatic rings. The fraction of sp³-hybridized carbons (Fsp3) is 0.353. The van der Waals surface area contributed by atoms with Crippen molar-refractivity contribution in [2.75, 3.05) is 25.5 Å². The first-order valence-electron chi connectivity index (χ1n) is 7.71. The van der Waals surface area contributed by atoms with Crippen LogP contribution in [0, 0.1) is 6.92 Å². The second-order valence-electron chi connectivity index (χ2n) is 5.79. The van der Waals surface area contributed by atoms with Gasteiger partial charge in [-0.2, -0.15) is 5.10 Å². The molecule has 0 atom stereocenters. The molecule has 0 fully saturated rings. The molecule has 0 spiro atoms. The number of benzene rings is 1. The maximum absolute atomic E-state index is 12.1. The number of aliphatic carboxylic acids is 1. The average Bonchev–Trinajstić information content (AvgIpc) is 2.92. The van der Waals surface area contributed by atoms with Gasteiger partial charge in [0.1, 0.15) is 5.82 Å². The normalized spacial score (nSPS) is 10.8. The minimum Gasteiger partial charge on any atom is -0.481 e. The summed E-state index contributed by atoms with van der Waals surface area (Å²) in [6.07, 6.45) is 1.65. The number of rotatable bonds is 8. The SMILES string of the molecule is Cc1cccc(Cn2nccc2NC(=O)CN(C)CCC(=O)O)c1. The lowest BCUT2D eigenvalue weighted by atomic mass is 10.1. The highest BCUT2D eigenvalue weighted by Gasteiger charge is 2.11. The van der Waals surface area contributed by atoms with E-state index in [1.54, 1.807) is 28.9 Å². The number of carbonyl (C=O) groups excluding carboxylic acids is 1. The Morgan fingerprint density at radius 3 is 2.83 bits per heavy atom. The zero-order valence-corrected chi connectivity index (χ0v) is 13.9. The van der Waals surface area contributed by atoms with Crippen LogP contribution in [0.5, 0.6) is 0 Å². The first-order valence-corrected chi connectivity index (χ1v) is 7.71. The van der Waals surface area contributed by atoms with Gasteiger partial charge in [0.05, 0.1) is 25.7 Å². The van der Waals surface area contributed by atoms with Gasteiger partial charge in [-0.3, -0.25) is 14.5 Å². The molecule has 0 unspecified atom stereocenters. The lowest BCUT2D eigenvalue weighted by Crippen LogP contribution is -2.32. The van der Waals surface area contributed by atoms with Gasteiger partial charge in [-0.15, -0.1) is 0 Å². The number of carbonyl (C=O) groups is 2. The predicted molar refractivity (Wildman–Crippen MR) is 90.9 cm³/mol. The van der Waals surface area contributed by atoms with Crippen LogP contribution in [-0.2, 0) is 16.1 Å². The Bertz CT molecular complexity index is 711. The van der Waals surface area contributed by atoms with Crippen LogP contribution in [-0.4, -0.2) is 51.8 Å². The Labute approximate surface area is 140 Å².